The Bertz CT molecular complexity index is 811. The molecule has 0 spiro atoms. The summed E-state index contributed by atoms with van der Waals surface area (Å²) in [5.74, 6) is -1.24. The third kappa shape index (κ3) is 5.03. The number of halogens is 2. The predicted molar refractivity (Wildman–Crippen MR) is 100 cm³/mol. The molecule has 26 heavy (non-hydrogen) atoms. The lowest BCUT2D eigenvalue weighted by molar-refractivity contribution is -0.118. The molecule has 0 bridgehead atoms. The van der Waals surface area contributed by atoms with E-state index < -0.39 is 17.8 Å². The van der Waals surface area contributed by atoms with Crippen LogP contribution in [0.15, 0.2) is 42.5 Å². The average Bonchev–Trinajstić information content (AvgIpc) is 2.61. The lowest BCUT2D eigenvalue weighted by Crippen LogP contribution is -2.39. The van der Waals surface area contributed by atoms with E-state index in [1.165, 1.54) is 18.2 Å². The Morgan fingerprint density at radius 1 is 1.19 bits per heavy atom. The van der Waals surface area contributed by atoms with Crippen LogP contribution in [0.5, 0.6) is 0 Å². The van der Waals surface area contributed by atoms with Gasteiger partial charge in [-0.3, -0.25) is 9.59 Å². The number of hydrogen-bond acceptors (Lipinski definition) is 3. The largest absolute Gasteiger partial charge is 0.348 e. The predicted octanol–water partition coefficient (Wildman–Crippen LogP) is 3.33. The fourth-order valence-corrected chi connectivity index (χ4v) is 2.42. The molecule has 2 amide bonds. The van der Waals surface area contributed by atoms with Crippen LogP contribution in [0.25, 0.3) is 0 Å². The highest BCUT2D eigenvalue weighted by atomic mass is 35.5. The van der Waals surface area contributed by atoms with Gasteiger partial charge in [-0.1, -0.05) is 43.6 Å². The molecule has 4 N–H and O–H groups in total. The number of nitrogens with two attached hydrogens (primary N) is 1. The van der Waals surface area contributed by atoms with Crippen molar-refractivity contribution in [3.05, 3.63) is 64.4 Å². The van der Waals surface area contributed by atoms with E-state index in [-0.39, 0.29) is 29.0 Å². The fourth-order valence-electron chi connectivity index (χ4n) is 2.22. The topological polar surface area (TPSA) is 84.2 Å². The molecule has 2 aromatic rings. The van der Waals surface area contributed by atoms with Crippen LogP contribution < -0.4 is 16.4 Å². The van der Waals surface area contributed by atoms with E-state index in [9.17, 15) is 14.0 Å². The fraction of sp³-hybridized carbons (Fsp3) is 0.263. The van der Waals surface area contributed by atoms with Crippen LogP contribution in [0.3, 0.4) is 0 Å². The first-order chi connectivity index (χ1) is 12.3. The Morgan fingerprint density at radius 2 is 1.88 bits per heavy atom. The Labute approximate surface area is 156 Å². The van der Waals surface area contributed by atoms with Crippen LogP contribution in [0.4, 0.5) is 10.1 Å². The average molecular weight is 378 g/mol. The molecule has 2 aromatic carbocycles. The van der Waals surface area contributed by atoms with Gasteiger partial charge in [0.1, 0.15) is 5.82 Å². The van der Waals surface area contributed by atoms with E-state index in [0.29, 0.717) is 11.3 Å². The number of carbonyl (C=O) groups is 2. The molecule has 1 atom stereocenters. The van der Waals surface area contributed by atoms with Crippen molar-refractivity contribution >= 4 is 29.1 Å². The third-order valence-corrected chi connectivity index (χ3v) is 4.23. The minimum atomic E-state index is -0.663. The highest BCUT2D eigenvalue weighted by Gasteiger charge is 2.18. The molecule has 0 heterocycles. The van der Waals surface area contributed by atoms with Gasteiger partial charge < -0.3 is 16.4 Å². The van der Waals surface area contributed by atoms with E-state index >= 15 is 0 Å². The molecule has 0 saturated carbocycles. The lowest BCUT2D eigenvalue weighted by Gasteiger charge is -2.16. The zero-order valence-corrected chi connectivity index (χ0v) is 15.3. The highest BCUT2D eigenvalue weighted by molar-refractivity contribution is 6.34. The molecule has 0 aliphatic heterocycles. The van der Waals surface area contributed by atoms with Crippen molar-refractivity contribution in [2.45, 2.75) is 26.4 Å². The van der Waals surface area contributed by atoms with Gasteiger partial charge in [-0.2, -0.15) is 0 Å². The van der Waals surface area contributed by atoms with Crippen LogP contribution in [-0.2, 0) is 11.3 Å². The van der Waals surface area contributed by atoms with Crippen molar-refractivity contribution < 1.29 is 14.0 Å². The van der Waals surface area contributed by atoms with Gasteiger partial charge in [0.2, 0.25) is 5.91 Å². The first-order valence-electron chi connectivity index (χ1n) is 8.17. The van der Waals surface area contributed by atoms with Crippen LogP contribution in [-0.4, -0.2) is 17.9 Å². The quantitative estimate of drug-likeness (QED) is 0.721. The summed E-state index contributed by atoms with van der Waals surface area (Å²) in [6.07, 6.45) is 0. The van der Waals surface area contributed by atoms with Crippen LogP contribution in [0.1, 0.15) is 29.8 Å². The summed E-state index contributed by atoms with van der Waals surface area (Å²) in [5.41, 5.74) is 6.76. The van der Waals surface area contributed by atoms with Gasteiger partial charge in [0.15, 0.2) is 0 Å². The maximum absolute atomic E-state index is 13.6. The van der Waals surface area contributed by atoms with E-state index in [1.807, 2.05) is 13.8 Å². The molecule has 0 saturated heterocycles. The van der Waals surface area contributed by atoms with Gasteiger partial charge in [-0.15, -0.1) is 0 Å². The van der Waals surface area contributed by atoms with E-state index in [4.69, 9.17) is 17.3 Å². The second-order valence-electron chi connectivity index (χ2n) is 6.23. The van der Waals surface area contributed by atoms with Crippen LogP contribution in [0.2, 0.25) is 5.02 Å². The number of benzene rings is 2. The van der Waals surface area contributed by atoms with Crippen molar-refractivity contribution in [1.29, 1.82) is 0 Å². The molecular formula is C19H21ClFN3O2. The molecule has 0 unspecified atom stereocenters. The summed E-state index contributed by atoms with van der Waals surface area (Å²) in [7, 11) is 0. The van der Waals surface area contributed by atoms with Gasteiger partial charge in [0.25, 0.3) is 5.91 Å². The first-order valence-corrected chi connectivity index (χ1v) is 8.55. The Morgan fingerprint density at radius 3 is 2.54 bits per heavy atom. The van der Waals surface area contributed by atoms with Crippen molar-refractivity contribution in [2.24, 2.45) is 11.7 Å². The summed E-state index contributed by atoms with van der Waals surface area (Å²) in [5, 5.41) is 5.51. The summed E-state index contributed by atoms with van der Waals surface area (Å²) in [6.45, 7) is 3.71. The molecule has 138 valence electrons. The molecule has 0 fully saturated rings. The summed E-state index contributed by atoms with van der Waals surface area (Å²) in [4.78, 5) is 24.4. The Kier molecular flexibility index (Phi) is 6.71. The summed E-state index contributed by atoms with van der Waals surface area (Å²) >= 11 is 6.08. The normalized spacial score (nSPS) is 11.9. The van der Waals surface area contributed by atoms with Crippen molar-refractivity contribution in [1.82, 2.24) is 5.32 Å². The summed E-state index contributed by atoms with van der Waals surface area (Å²) < 4.78 is 13.6. The standard InChI is InChI=1S/C19H21ClFN3O2/c1-11(2)17(22)19(26)24-13-7-8-15(20)14(9-13)18(25)23-10-12-5-3-4-6-16(12)21/h3-9,11,17H,10,22H2,1-2H3,(H,23,25)(H,24,26)/t17-/m0/s1. The second kappa shape index (κ2) is 8.78. The van der Waals surface area contributed by atoms with Gasteiger partial charge in [-0.25, -0.2) is 4.39 Å². The number of anilines is 1. The number of rotatable bonds is 6. The van der Waals surface area contributed by atoms with Gasteiger partial charge in [-0.05, 0) is 30.2 Å². The smallest absolute Gasteiger partial charge is 0.253 e. The Hall–Kier alpha value is -2.44. The number of amides is 2. The molecule has 0 aliphatic carbocycles. The van der Waals surface area contributed by atoms with E-state index in [1.54, 1.807) is 24.3 Å². The molecule has 0 aliphatic rings. The summed E-state index contributed by atoms with van der Waals surface area (Å²) in [6, 6.07) is 10.1. The lowest BCUT2D eigenvalue weighted by atomic mass is 10.0. The van der Waals surface area contributed by atoms with Crippen molar-refractivity contribution in [3.63, 3.8) is 0 Å². The monoisotopic (exact) mass is 377 g/mol. The molecule has 0 radical (unpaired) electrons. The van der Waals surface area contributed by atoms with E-state index in [2.05, 4.69) is 10.6 Å². The molecular weight excluding hydrogens is 357 g/mol. The minimum Gasteiger partial charge on any atom is -0.348 e. The number of carbonyl (C=O) groups excluding carboxylic acids is 2. The number of hydrogen-bond donors (Lipinski definition) is 3. The minimum absolute atomic E-state index is 0.0224. The van der Waals surface area contributed by atoms with Crippen LogP contribution >= 0.6 is 11.6 Å². The van der Waals surface area contributed by atoms with Crippen molar-refractivity contribution in [3.8, 4) is 0 Å². The molecule has 2 rings (SSSR count). The number of nitrogens with one attached hydrogen (secondary N) is 2. The third-order valence-electron chi connectivity index (χ3n) is 3.90. The van der Waals surface area contributed by atoms with Gasteiger partial charge in [0, 0.05) is 17.8 Å². The van der Waals surface area contributed by atoms with Crippen LogP contribution in [0, 0.1) is 11.7 Å². The van der Waals surface area contributed by atoms with Gasteiger partial charge >= 0.3 is 0 Å². The second-order valence-corrected chi connectivity index (χ2v) is 6.63. The Balaban J connectivity index is 2.10. The van der Waals surface area contributed by atoms with E-state index in [0.717, 1.165) is 0 Å². The molecule has 5 nitrogen and oxygen atoms in total. The zero-order valence-electron chi connectivity index (χ0n) is 14.6. The van der Waals surface area contributed by atoms with Gasteiger partial charge in [0.05, 0.1) is 16.6 Å². The maximum Gasteiger partial charge on any atom is 0.253 e. The molecule has 7 heteroatoms. The first kappa shape index (κ1) is 19.9. The SMILES string of the molecule is CC(C)[C@H](N)C(=O)Nc1ccc(Cl)c(C(=O)NCc2ccccc2F)c1. The maximum atomic E-state index is 13.6. The molecule has 0 aromatic heterocycles. The van der Waals surface area contributed by atoms with Crippen molar-refractivity contribution in [2.75, 3.05) is 5.32 Å². The zero-order chi connectivity index (χ0) is 19.3. The highest BCUT2D eigenvalue weighted by Crippen LogP contribution is 2.21.